The standard InChI is InChI=1S/C25H25B2P2S2.C4H10O.Li/c26-25(27,28(30,21-13-5-1-6-14-21)22-15-7-2-8-16-22)29(31,23-17-9-3-10-18-23)24-19-11-4-12-20-24;1-3-5-4-2;/h1-20H,26H2,27H3;3-4H2,1-2H3;/q-1;;+1. The molecule has 0 spiro atoms. The Morgan fingerprint density at radius 3 is 0.973 bits per heavy atom. The Morgan fingerprint density at radius 2 is 0.811 bits per heavy atom. The van der Waals surface area contributed by atoms with Crippen LogP contribution in [0.15, 0.2) is 121 Å². The van der Waals surface area contributed by atoms with E-state index in [1.807, 2.05) is 13.8 Å². The minimum Gasteiger partial charge on any atom is -0.382 e. The van der Waals surface area contributed by atoms with Crippen LogP contribution < -0.4 is 40.1 Å². The first-order valence-electron chi connectivity index (χ1n) is 11.8. The van der Waals surface area contributed by atoms with Crippen LogP contribution in [0.1, 0.15) is 13.8 Å². The van der Waals surface area contributed by atoms with Crippen molar-refractivity contribution in [2.75, 3.05) is 13.2 Å². The van der Waals surface area contributed by atoms with Gasteiger partial charge in [-0.15, -0.1) is 4.70 Å². The minimum absolute atomic E-state index is 0. The molecule has 0 saturated carbocycles. The molecule has 0 amide bonds. The normalized spacial score (nSPS) is 11.5. The fraction of sp³-hybridized carbons (Fsp3) is 0.172. The summed E-state index contributed by atoms with van der Waals surface area (Å²) < 4.78 is 4.76. The van der Waals surface area contributed by atoms with Crippen LogP contribution in [0.3, 0.4) is 0 Å². The van der Waals surface area contributed by atoms with Gasteiger partial charge >= 0.3 is 18.9 Å². The Hall–Kier alpha value is -1.13. The third kappa shape index (κ3) is 6.72. The van der Waals surface area contributed by atoms with Gasteiger partial charge in [-0.2, -0.15) is 0 Å². The maximum Gasteiger partial charge on any atom is 1.00 e. The van der Waals surface area contributed by atoms with Crippen LogP contribution in [-0.4, -0.2) is 33.6 Å². The summed E-state index contributed by atoms with van der Waals surface area (Å²) in [6.45, 7) is 5.67. The third-order valence-electron chi connectivity index (χ3n) is 5.80. The number of hydrogen-bond acceptors (Lipinski definition) is 3. The van der Waals surface area contributed by atoms with Gasteiger partial charge in [0.1, 0.15) is 0 Å². The molecular formula is C29H35B2LiOP2S2. The van der Waals surface area contributed by atoms with Crippen molar-refractivity contribution >= 4 is 72.6 Å². The summed E-state index contributed by atoms with van der Waals surface area (Å²) in [5.74, 6) is 0. The Labute approximate surface area is 247 Å². The average molecular weight is 554 g/mol. The van der Waals surface area contributed by atoms with E-state index in [0.29, 0.717) is 0 Å². The largest absolute Gasteiger partial charge is 1.00 e. The van der Waals surface area contributed by atoms with Crippen molar-refractivity contribution < 1.29 is 23.6 Å². The molecular weight excluding hydrogens is 519 g/mol. The van der Waals surface area contributed by atoms with Gasteiger partial charge in [-0.25, -0.2) is 0 Å². The molecule has 0 heterocycles. The van der Waals surface area contributed by atoms with E-state index in [9.17, 15) is 0 Å². The summed E-state index contributed by atoms with van der Waals surface area (Å²) in [5, 5.41) is 5.15. The first-order chi connectivity index (χ1) is 17.3. The summed E-state index contributed by atoms with van der Waals surface area (Å²) in [5.41, 5.74) is 0. The van der Waals surface area contributed by atoms with Crippen molar-refractivity contribution in [2.45, 2.75) is 18.5 Å². The molecule has 8 heteroatoms. The van der Waals surface area contributed by atoms with Gasteiger partial charge in [0.2, 0.25) is 0 Å². The van der Waals surface area contributed by atoms with Crippen molar-refractivity contribution in [1.29, 1.82) is 0 Å². The van der Waals surface area contributed by atoms with E-state index >= 15 is 0 Å². The van der Waals surface area contributed by atoms with Gasteiger partial charge in [0.25, 0.3) is 0 Å². The SMILES string of the molecule is BC([BH3-])(P(=S)(c1ccccc1)c1ccccc1)P(=S)(c1ccccc1)c1ccccc1.CCOCC.[Li+]. The molecule has 0 aliphatic carbocycles. The first-order valence-corrected chi connectivity index (χ1v) is 17.4. The molecule has 4 rings (SSSR count). The van der Waals surface area contributed by atoms with E-state index < -0.39 is 12.1 Å². The quantitative estimate of drug-likeness (QED) is 0.237. The maximum absolute atomic E-state index is 6.85. The van der Waals surface area contributed by atoms with Crippen molar-refractivity contribution in [1.82, 2.24) is 0 Å². The van der Waals surface area contributed by atoms with Crippen LogP contribution >= 0.6 is 12.1 Å². The van der Waals surface area contributed by atoms with Crippen LogP contribution in [0, 0.1) is 0 Å². The van der Waals surface area contributed by atoms with Gasteiger partial charge in [0, 0.05) is 13.2 Å². The molecule has 4 aromatic rings. The fourth-order valence-corrected chi connectivity index (χ4v) is 15.6. The molecule has 37 heavy (non-hydrogen) atoms. The molecule has 0 aliphatic rings. The fourth-order valence-electron chi connectivity index (χ4n) is 4.00. The molecule has 186 valence electrons. The van der Waals surface area contributed by atoms with Crippen LogP contribution in [0.25, 0.3) is 0 Å². The minimum atomic E-state index is -2.19. The number of benzene rings is 4. The third-order valence-corrected chi connectivity index (χ3v) is 18.5. The molecule has 0 bridgehead atoms. The molecule has 0 radical (unpaired) electrons. The summed E-state index contributed by atoms with van der Waals surface area (Å²) in [6, 6.07) is 38.9. The zero-order chi connectivity index (χ0) is 26.1. The molecule has 1 nitrogen and oxygen atoms in total. The zero-order valence-electron chi connectivity index (χ0n) is 21.6. The smallest absolute Gasteiger partial charge is 0.382 e. The van der Waals surface area contributed by atoms with Gasteiger partial charge in [0.15, 0.2) is 0 Å². The molecule has 0 saturated heterocycles. The van der Waals surface area contributed by atoms with Gasteiger partial charge in [-0.1, -0.05) is 145 Å². The number of rotatable bonds is 8. The molecule has 0 atom stereocenters. The molecule has 0 fully saturated rings. The molecule has 0 aromatic heterocycles. The summed E-state index contributed by atoms with van der Waals surface area (Å²) in [7, 11) is 2.18. The number of ether oxygens (including phenoxy) is 1. The predicted octanol–water partition coefficient (Wildman–Crippen LogP) is 0.904. The average Bonchev–Trinajstić information content (AvgIpc) is 2.94. The van der Waals surface area contributed by atoms with Crippen molar-refractivity contribution in [3.05, 3.63) is 121 Å². The molecule has 0 aliphatic heterocycles. The van der Waals surface area contributed by atoms with Gasteiger partial charge in [-0.3, -0.25) is 0 Å². The zero-order valence-corrected chi connectivity index (χ0v) is 25.0. The summed E-state index contributed by atoms with van der Waals surface area (Å²) >= 11 is 13.7. The molecule has 0 unspecified atom stereocenters. The van der Waals surface area contributed by atoms with E-state index in [-0.39, 0.29) is 31.4 Å². The van der Waals surface area contributed by atoms with Crippen molar-refractivity contribution in [3.8, 4) is 0 Å². The Kier molecular flexibility index (Phi) is 12.9. The topological polar surface area (TPSA) is 9.23 Å². The van der Waals surface area contributed by atoms with Gasteiger partial charge in [-0.05, 0) is 55.0 Å². The monoisotopic (exact) mass is 554 g/mol. The first kappa shape index (κ1) is 32.1. The van der Waals surface area contributed by atoms with Crippen LogP contribution in [0.5, 0.6) is 0 Å². The molecule has 0 N–H and O–H groups in total. The van der Waals surface area contributed by atoms with E-state index in [1.54, 1.807) is 0 Å². The Balaban J connectivity index is 0.000000734. The molecule has 4 aromatic carbocycles. The van der Waals surface area contributed by atoms with E-state index in [2.05, 4.69) is 129 Å². The maximum atomic E-state index is 6.85. The summed E-state index contributed by atoms with van der Waals surface area (Å²) in [4.78, 5) is 0. The van der Waals surface area contributed by atoms with E-state index in [0.717, 1.165) is 13.2 Å². The second-order valence-corrected chi connectivity index (χ2v) is 17.4. The number of hydrogen-bond donors (Lipinski definition) is 0. The second-order valence-electron chi connectivity index (χ2n) is 7.89. The Morgan fingerprint density at radius 1 is 0.595 bits per heavy atom. The van der Waals surface area contributed by atoms with Gasteiger partial charge in [0.05, 0.1) is 7.85 Å². The van der Waals surface area contributed by atoms with Crippen molar-refractivity contribution in [3.63, 3.8) is 0 Å². The van der Waals surface area contributed by atoms with Crippen LogP contribution in [0.2, 0.25) is 0 Å². The van der Waals surface area contributed by atoms with E-state index in [4.69, 9.17) is 28.4 Å². The summed E-state index contributed by atoms with van der Waals surface area (Å²) in [6.07, 6.45) is 0. The predicted molar refractivity (Wildman–Crippen MR) is 176 cm³/mol. The Bertz CT molecular complexity index is 1120. The van der Waals surface area contributed by atoms with Gasteiger partial charge < -0.3 is 4.74 Å². The van der Waals surface area contributed by atoms with E-state index in [1.165, 1.54) is 21.2 Å². The van der Waals surface area contributed by atoms with Crippen molar-refractivity contribution in [2.24, 2.45) is 0 Å². The van der Waals surface area contributed by atoms with Crippen LogP contribution in [0.4, 0.5) is 0 Å². The second kappa shape index (κ2) is 14.9. The van der Waals surface area contributed by atoms with Crippen LogP contribution in [-0.2, 0) is 28.4 Å².